The molecule has 0 bridgehead atoms. The number of hydrogen-bond acceptors (Lipinski definition) is 4. The lowest BCUT2D eigenvalue weighted by molar-refractivity contribution is 0.0901. The SMILES string of the molecule is CC1CC(NC(=O)c2sc3nc4c(cc3c2N)CCC4)C1. The van der Waals surface area contributed by atoms with Crippen LogP contribution in [0.3, 0.4) is 0 Å². The van der Waals surface area contributed by atoms with E-state index in [2.05, 4.69) is 18.3 Å². The van der Waals surface area contributed by atoms with Gasteiger partial charge in [-0.15, -0.1) is 11.3 Å². The average Bonchev–Trinajstić information content (AvgIpc) is 2.99. The Hall–Kier alpha value is -1.62. The predicted octanol–water partition coefficient (Wildman–Crippen LogP) is 2.90. The van der Waals surface area contributed by atoms with E-state index in [1.54, 1.807) is 0 Å². The normalized spacial score (nSPS) is 23.9. The monoisotopic (exact) mass is 301 g/mol. The number of fused-ring (bicyclic) bond motifs is 2. The Bertz CT molecular complexity index is 731. The van der Waals surface area contributed by atoms with Gasteiger partial charge >= 0.3 is 0 Å². The third-order valence-corrected chi connectivity index (χ3v) is 5.78. The molecule has 4 nitrogen and oxygen atoms in total. The molecule has 2 aromatic rings. The number of pyridine rings is 1. The second-order valence-corrected chi connectivity index (χ2v) is 7.39. The highest BCUT2D eigenvalue weighted by atomic mass is 32.1. The minimum atomic E-state index is -0.0347. The fraction of sp³-hybridized carbons (Fsp3) is 0.500. The third kappa shape index (κ3) is 2.11. The number of carbonyl (C=O) groups excluding carboxylic acids is 1. The topological polar surface area (TPSA) is 68.0 Å². The van der Waals surface area contributed by atoms with Gasteiger partial charge in [-0.05, 0) is 49.7 Å². The second-order valence-electron chi connectivity index (χ2n) is 6.39. The number of thiophene rings is 1. The van der Waals surface area contributed by atoms with Crippen molar-refractivity contribution in [1.29, 1.82) is 0 Å². The van der Waals surface area contributed by atoms with Crippen LogP contribution in [0.1, 0.15) is 47.1 Å². The lowest BCUT2D eigenvalue weighted by Gasteiger charge is -2.33. The van der Waals surface area contributed by atoms with Gasteiger partial charge in [0, 0.05) is 17.1 Å². The predicted molar refractivity (Wildman–Crippen MR) is 85.7 cm³/mol. The fourth-order valence-electron chi connectivity index (χ4n) is 3.44. The number of rotatable bonds is 2. The molecule has 5 heteroatoms. The van der Waals surface area contributed by atoms with Crippen molar-refractivity contribution in [2.45, 2.75) is 45.1 Å². The summed E-state index contributed by atoms with van der Waals surface area (Å²) in [6, 6.07) is 2.45. The first kappa shape index (κ1) is 13.1. The quantitative estimate of drug-likeness (QED) is 0.896. The molecule has 0 unspecified atom stereocenters. The molecule has 1 saturated carbocycles. The maximum Gasteiger partial charge on any atom is 0.263 e. The van der Waals surface area contributed by atoms with Crippen LogP contribution in [0.2, 0.25) is 0 Å². The molecule has 0 aromatic carbocycles. The van der Waals surface area contributed by atoms with Crippen LogP contribution in [-0.4, -0.2) is 16.9 Å². The molecule has 0 spiro atoms. The zero-order valence-corrected chi connectivity index (χ0v) is 12.9. The zero-order valence-electron chi connectivity index (χ0n) is 12.1. The number of hydrogen-bond donors (Lipinski definition) is 2. The van der Waals surface area contributed by atoms with Gasteiger partial charge in [0.1, 0.15) is 9.71 Å². The van der Waals surface area contributed by atoms with Crippen molar-refractivity contribution < 1.29 is 4.79 Å². The Balaban J connectivity index is 1.66. The molecule has 0 radical (unpaired) electrons. The molecular formula is C16H19N3OS. The standard InChI is InChI=1S/C16H19N3OS/c1-8-5-10(6-8)18-15(20)14-13(17)11-7-9-3-2-4-12(9)19-16(11)21-14/h7-8,10H,2-6,17H2,1H3,(H,18,20). The molecule has 2 heterocycles. The highest BCUT2D eigenvalue weighted by Crippen LogP contribution is 2.36. The van der Waals surface area contributed by atoms with E-state index >= 15 is 0 Å². The van der Waals surface area contributed by atoms with Crippen molar-refractivity contribution in [2.75, 3.05) is 5.73 Å². The molecule has 0 atom stereocenters. The largest absolute Gasteiger partial charge is 0.397 e. The van der Waals surface area contributed by atoms with Crippen LogP contribution < -0.4 is 11.1 Å². The van der Waals surface area contributed by atoms with Crippen molar-refractivity contribution in [1.82, 2.24) is 10.3 Å². The number of aromatic nitrogens is 1. The van der Waals surface area contributed by atoms with Gasteiger partial charge in [0.25, 0.3) is 5.91 Å². The van der Waals surface area contributed by atoms with E-state index in [9.17, 15) is 4.79 Å². The van der Waals surface area contributed by atoms with Crippen molar-refractivity contribution in [3.05, 3.63) is 22.2 Å². The van der Waals surface area contributed by atoms with Crippen LogP contribution >= 0.6 is 11.3 Å². The number of carbonyl (C=O) groups is 1. The van der Waals surface area contributed by atoms with Gasteiger partial charge in [-0.2, -0.15) is 0 Å². The average molecular weight is 301 g/mol. The van der Waals surface area contributed by atoms with Gasteiger partial charge < -0.3 is 11.1 Å². The Morgan fingerprint density at radius 1 is 1.43 bits per heavy atom. The molecule has 2 aliphatic rings. The lowest BCUT2D eigenvalue weighted by atomic mass is 9.82. The maximum atomic E-state index is 12.4. The first-order valence-electron chi connectivity index (χ1n) is 7.63. The van der Waals surface area contributed by atoms with E-state index in [-0.39, 0.29) is 5.91 Å². The molecule has 0 saturated heterocycles. The summed E-state index contributed by atoms with van der Waals surface area (Å²) in [7, 11) is 0. The number of nitrogen functional groups attached to an aromatic ring is 1. The smallest absolute Gasteiger partial charge is 0.263 e. The first-order chi connectivity index (χ1) is 10.1. The molecule has 3 N–H and O–H groups in total. The van der Waals surface area contributed by atoms with E-state index < -0.39 is 0 Å². The van der Waals surface area contributed by atoms with E-state index in [0.29, 0.717) is 16.6 Å². The highest BCUT2D eigenvalue weighted by Gasteiger charge is 2.28. The van der Waals surface area contributed by atoms with Gasteiger partial charge in [0.15, 0.2) is 0 Å². The molecule has 2 aromatic heterocycles. The number of nitrogens with zero attached hydrogens (tertiary/aromatic N) is 1. The van der Waals surface area contributed by atoms with Gasteiger partial charge in [0.05, 0.1) is 5.69 Å². The Morgan fingerprint density at radius 2 is 2.24 bits per heavy atom. The minimum Gasteiger partial charge on any atom is -0.397 e. The molecule has 2 aliphatic carbocycles. The van der Waals surface area contributed by atoms with Crippen molar-refractivity contribution >= 4 is 33.1 Å². The van der Waals surface area contributed by atoms with E-state index in [1.807, 2.05) is 0 Å². The molecule has 110 valence electrons. The zero-order chi connectivity index (χ0) is 14.6. The molecule has 21 heavy (non-hydrogen) atoms. The summed E-state index contributed by atoms with van der Waals surface area (Å²) in [5.41, 5.74) is 9.29. The Kier molecular flexibility index (Phi) is 2.92. The molecule has 1 amide bonds. The van der Waals surface area contributed by atoms with Crippen molar-refractivity contribution in [3.8, 4) is 0 Å². The number of aryl methyl sites for hydroxylation is 2. The van der Waals surface area contributed by atoms with E-state index in [4.69, 9.17) is 10.7 Å². The molecule has 0 aliphatic heterocycles. The molecule has 1 fully saturated rings. The van der Waals surface area contributed by atoms with Crippen molar-refractivity contribution in [2.24, 2.45) is 5.92 Å². The van der Waals surface area contributed by atoms with Crippen molar-refractivity contribution in [3.63, 3.8) is 0 Å². The van der Waals surface area contributed by atoms with Crippen LogP contribution in [0.15, 0.2) is 6.07 Å². The van der Waals surface area contributed by atoms with Crippen LogP contribution in [0.5, 0.6) is 0 Å². The third-order valence-electron chi connectivity index (χ3n) is 4.66. The number of nitrogens with two attached hydrogens (primary N) is 1. The summed E-state index contributed by atoms with van der Waals surface area (Å²) in [6.45, 7) is 2.21. The lowest BCUT2D eigenvalue weighted by Crippen LogP contribution is -2.43. The number of nitrogens with one attached hydrogen (secondary N) is 1. The maximum absolute atomic E-state index is 12.4. The summed E-state index contributed by atoms with van der Waals surface area (Å²) in [5.74, 6) is 0.687. The van der Waals surface area contributed by atoms with Crippen LogP contribution in [-0.2, 0) is 12.8 Å². The number of anilines is 1. The summed E-state index contributed by atoms with van der Waals surface area (Å²) in [5, 5.41) is 4.04. The minimum absolute atomic E-state index is 0.0347. The van der Waals surface area contributed by atoms with Crippen LogP contribution in [0.4, 0.5) is 5.69 Å². The van der Waals surface area contributed by atoms with Crippen LogP contribution in [0.25, 0.3) is 10.2 Å². The van der Waals surface area contributed by atoms with Gasteiger partial charge in [0.2, 0.25) is 0 Å². The fourth-order valence-corrected chi connectivity index (χ4v) is 4.44. The van der Waals surface area contributed by atoms with Gasteiger partial charge in [-0.25, -0.2) is 4.98 Å². The van der Waals surface area contributed by atoms with E-state index in [1.165, 1.54) is 29.0 Å². The molecule has 4 rings (SSSR count). The Morgan fingerprint density at radius 3 is 3.00 bits per heavy atom. The molecular weight excluding hydrogens is 282 g/mol. The Labute approximate surface area is 127 Å². The number of amides is 1. The van der Waals surface area contributed by atoms with Crippen LogP contribution in [0, 0.1) is 5.92 Å². The summed E-state index contributed by atoms with van der Waals surface area (Å²) in [6.07, 6.45) is 5.44. The van der Waals surface area contributed by atoms with E-state index in [0.717, 1.165) is 41.8 Å². The summed E-state index contributed by atoms with van der Waals surface area (Å²) in [4.78, 5) is 18.6. The summed E-state index contributed by atoms with van der Waals surface area (Å²) >= 11 is 1.43. The summed E-state index contributed by atoms with van der Waals surface area (Å²) < 4.78 is 0. The van der Waals surface area contributed by atoms with Gasteiger partial charge in [-0.1, -0.05) is 6.92 Å². The van der Waals surface area contributed by atoms with Gasteiger partial charge in [-0.3, -0.25) is 4.79 Å². The highest BCUT2D eigenvalue weighted by molar-refractivity contribution is 7.21. The first-order valence-corrected chi connectivity index (χ1v) is 8.45. The second kappa shape index (κ2) is 4.70.